The summed E-state index contributed by atoms with van der Waals surface area (Å²) in [5, 5.41) is 4.01. The Labute approximate surface area is 129 Å². The summed E-state index contributed by atoms with van der Waals surface area (Å²) in [6, 6.07) is 12.4. The van der Waals surface area contributed by atoms with Gasteiger partial charge in [-0.1, -0.05) is 37.3 Å². The first-order valence-corrected chi connectivity index (χ1v) is 8.90. The predicted molar refractivity (Wildman–Crippen MR) is 89.4 cm³/mol. The molecule has 1 aromatic rings. The number of rotatable bonds is 6. The van der Waals surface area contributed by atoms with E-state index >= 15 is 0 Å². The van der Waals surface area contributed by atoms with Gasteiger partial charge < -0.3 is 10.2 Å². The van der Waals surface area contributed by atoms with Gasteiger partial charge in [0, 0.05) is 12.1 Å². The van der Waals surface area contributed by atoms with Crippen LogP contribution in [-0.4, -0.2) is 30.6 Å². The predicted octanol–water partition coefficient (Wildman–Crippen LogP) is 3.99. The molecule has 0 aromatic heterocycles. The highest BCUT2D eigenvalue weighted by Gasteiger charge is 2.33. The summed E-state index contributed by atoms with van der Waals surface area (Å²) in [6.45, 7) is 6.14. The fraction of sp³-hybridized carbons (Fsp3) is 0.684. The van der Waals surface area contributed by atoms with Crippen molar-refractivity contribution in [1.82, 2.24) is 10.2 Å². The molecule has 2 unspecified atom stereocenters. The summed E-state index contributed by atoms with van der Waals surface area (Å²) in [4.78, 5) is 2.65. The molecule has 0 bridgehead atoms. The molecule has 0 amide bonds. The second-order valence-electron chi connectivity index (χ2n) is 6.86. The van der Waals surface area contributed by atoms with Crippen LogP contribution in [0.25, 0.3) is 0 Å². The number of nitrogens with one attached hydrogen (secondary N) is 1. The van der Waals surface area contributed by atoms with Crippen molar-refractivity contribution in [3.63, 3.8) is 0 Å². The van der Waals surface area contributed by atoms with Gasteiger partial charge in [0.05, 0.1) is 0 Å². The van der Waals surface area contributed by atoms with Crippen LogP contribution in [0.4, 0.5) is 0 Å². The Hall–Kier alpha value is -0.860. The molecule has 2 fully saturated rings. The Kier molecular flexibility index (Phi) is 5.32. The van der Waals surface area contributed by atoms with E-state index in [4.69, 9.17) is 0 Å². The molecule has 2 heteroatoms. The van der Waals surface area contributed by atoms with E-state index in [1.54, 1.807) is 0 Å². The van der Waals surface area contributed by atoms with Gasteiger partial charge in [-0.15, -0.1) is 0 Å². The van der Waals surface area contributed by atoms with Gasteiger partial charge in [0.25, 0.3) is 0 Å². The van der Waals surface area contributed by atoms with Gasteiger partial charge >= 0.3 is 0 Å². The molecule has 3 rings (SSSR count). The fourth-order valence-corrected chi connectivity index (χ4v) is 3.71. The molecule has 1 aromatic carbocycles. The van der Waals surface area contributed by atoms with E-state index in [0.717, 1.165) is 5.92 Å². The highest BCUT2D eigenvalue weighted by molar-refractivity contribution is 5.21. The zero-order chi connectivity index (χ0) is 14.5. The largest absolute Gasteiger partial charge is 0.307 e. The summed E-state index contributed by atoms with van der Waals surface area (Å²) >= 11 is 0. The minimum absolute atomic E-state index is 0.592. The Morgan fingerprint density at radius 1 is 1.10 bits per heavy atom. The average Bonchev–Trinajstić information content (AvgIpc) is 3.34. The van der Waals surface area contributed by atoms with Gasteiger partial charge in [-0.3, -0.25) is 0 Å². The van der Waals surface area contributed by atoms with Gasteiger partial charge in [-0.25, -0.2) is 0 Å². The Balaban J connectivity index is 1.58. The third-order valence-electron chi connectivity index (χ3n) is 5.03. The molecule has 2 atom stereocenters. The SMILES string of the molecule is CCCN1CCCC(NC(c2ccccc2)C2CC2)CC1. The third kappa shape index (κ3) is 4.31. The first-order chi connectivity index (χ1) is 10.4. The molecule has 1 saturated carbocycles. The van der Waals surface area contributed by atoms with Crippen molar-refractivity contribution in [2.75, 3.05) is 19.6 Å². The average molecular weight is 286 g/mol. The topological polar surface area (TPSA) is 15.3 Å². The molecule has 1 aliphatic heterocycles. The lowest BCUT2D eigenvalue weighted by molar-refractivity contribution is 0.280. The minimum Gasteiger partial charge on any atom is -0.307 e. The van der Waals surface area contributed by atoms with Crippen LogP contribution in [0.15, 0.2) is 30.3 Å². The number of benzene rings is 1. The Morgan fingerprint density at radius 3 is 2.62 bits per heavy atom. The standard InChI is InChI=1S/C19H30N2/c1-2-13-21-14-6-9-18(12-15-21)20-19(17-10-11-17)16-7-4-3-5-8-16/h3-5,7-8,17-20H,2,6,9-15H2,1H3. The highest BCUT2D eigenvalue weighted by atomic mass is 15.1. The van der Waals surface area contributed by atoms with Crippen LogP contribution in [0.1, 0.15) is 57.1 Å². The quantitative estimate of drug-likeness (QED) is 0.850. The number of likely N-dealkylation sites (tertiary alicyclic amines) is 1. The van der Waals surface area contributed by atoms with E-state index < -0.39 is 0 Å². The zero-order valence-corrected chi connectivity index (χ0v) is 13.4. The molecule has 1 N–H and O–H groups in total. The lowest BCUT2D eigenvalue weighted by atomic mass is 9.99. The molecule has 1 saturated heterocycles. The van der Waals surface area contributed by atoms with Gasteiger partial charge in [-0.2, -0.15) is 0 Å². The van der Waals surface area contributed by atoms with Crippen LogP contribution >= 0.6 is 0 Å². The van der Waals surface area contributed by atoms with E-state index in [2.05, 4.69) is 47.5 Å². The van der Waals surface area contributed by atoms with Crippen molar-refractivity contribution < 1.29 is 0 Å². The maximum Gasteiger partial charge on any atom is 0.0351 e. The molecule has 1 heterocycles. The summed E-state index contributed by atoms with van der Waals surface area (Å²) < 4.78 is 0. The first-order valence-electron chi connectivity index (χ1n) is 8.90. The van der Waals surface area contributed by atoms with Crippen molar-refractivity contribution in [3.05, 3.63) is 35.9 Å². The van der Waals surface area contributed by atoms with Crippen molar-refractivity contribution in [2.24, 2.45) is 5.92 Å². The normalized spacial score (nSPS) is 25.5. The van der Waals surface area contributed by atoms with Crippen molar-refractivity contribution in [2.45, 2.75) is 57.5 Å². The van der Waals surface area contributed by atoms with Gasteiger partial charge in [0.1, 0.15) is 0 Å². The summed E-state index contributed by atoms with van der Waals surface area (Å²) in [5.41, 5.74) is 1.50. The van der Waals surface area contributed by atoms with E-state index in [1.807, 2.05) is 0 Å². The monoisotopic (exact) mass is 286 g/mol. The van der Waals surface area contributed by atoms with Crippen molar-refractivity contribution in [3.8, 4) is 0 Å². The second-order valence-corrected chi connectivity index (χ2v) is 6.86. The van der Waals surface area contributed by atoms with Crippen LogP contribution in [0.3, 0.4) is 0 Å². The van der Waals surface area contributed by atoms with Crippen LogP contribution in [-0.2, 0) is 0 Å². The smallest absolute Gasteiger partial charge is 0.0351 e. The molecule has 1 aliphatic carbocycles. The first kappa shape index (κ1) is 15.1. The number of hydrogen-bond acceptors (Lipinski definition) is 2. The minimum atomic E-state index is 0.592. The lowest BCUT2D eigenvalue weighted by Gasteiger charge is -2.26. The maximum absolute atomic E-state index is 4.01. The maximum atomic E-state index is 4.01. The van der Waals surface area contributed by atoms with Crippen LogP contribution < -0.4 is 5.32 Å². The molecular formula is C19H30N2. The molecule has 2 aliphatic rings. The zero-order valence-electron chi connectivity index (χ0n) is 13.4. The highest BCUT2D eigenvalue weighted by Crippen LogP contribution is 2.41. The molecule has 116 valence electrons. The second kappa shape index (κ2) is 7.42. The molecular weight excluding hydrogens is 256 g/mol. The van der Waals surface area contributed by atoms with Gasteiger partial charge in [0.15, 0.2) is 0 Å². The van der Waals surface area contributed by atoms with Gasteiger partial charge in [-0.05, 0) is 69.6 Å². The van der Waals surface area contributed by atoms with Crippen LogP contribution in [0.2, 0.25) is 0 Å². The van der Waals surface area contributed by atoms with E-state index in [0.29, 0.717) is 12.1 Å². The van der Waals surface area contributed by atoms with Crippen LogP contribution in [0, 0.1) is 5.92 Å². The number of hydrogen-bond donors (Lipinski definition) is 1. The molecule has 0 radical (unpaired) electrons. The summed E-state index contributed by atoms with van der Waals surface area (Å²) in [7, 11) is 0. The summed E-state index contributed by atoms with van der Waals surface area (Å²) in [6.07, 6.45) is 8.10. The van der Waals surface area contributed by atoms with Crippen LogP contribution in [0.5, 0.6) is 0 Å². The molecule has 2 nitrogen and oxygen atoms in total. The molecule has 21 heavy (non-hydrogen) atoms. The fourth-order valence-electron chi connectivity index (χ4n) is 3.71. The lowest BCUT2D eigenvalue weighted by Crippen LogP contribution is -2.35. The van der Waals surface area contributed by atoms with Gasteiger partial charge in [0.2, 0.25) is 0 Å². The van der Waals surface area contributed by atoms with E-state index in [9.17, 15) is 0 Å². The third-order valence-corrected chi connectivity index (χ3v) is 5.03. The summed E-state index contributed by atoms with van der Waals surface area (Å²) in [5.74, 6) is 0.877. The van der Waals surface area contributed by atoms with E-state index in [-0.39, 0.29) is 0 Å². The number of nitrogens with zero attached hydrogens (tertiary/aromatic N) is 1. The van der Waals surface area contributed by atoms with Crippen molar-refractivity contribution >= 4 is 0 Å². The Bertz CT molecular complexity index is 413. The van der Waals surface area contributed by atoms with E-state index in [1.165, 1.54) is 63.7 Å². The Morgan fingerprint density at radius 2 is 1.90 bits per heavy atom. The van der Waals surface area contributed by atoms with Crippen molar-refractivity contribution in [1.29, 1.82) is 0 Å². The molecule has 0 spiro atoms.